The van der Waals surface area contributed by atoms with Gasteiger partial charge in [-0.05, 0) is 36.6 Å². The molecule has 0 saturated carbocycles. The fourth-order valence-corrected chi connectivity index (χ4v) is 4.96. The van der Waals surface area contributed by atoms with E-state index in [1.165, 1.54) is 11.0 Å². The minimum absolute atomic E-state index is 0.00999. The Bertz CT molecular complexity index is 1320. The van der Waals surface area contributed by atoms with E-state index in [-0.39, 0.29) is 34.6 Å². The van der Waals surface area contributed by atoms with Gasteiger partial charge in [-0.25, -0.2) is 4.72 Å². The maximum Gasteiger partial charge on any atom is 0.345 e. The van der Waals surface area contributed by atoms with Gasteiger partial charge in [0.15, 0.2) is 17.4 Å². The van der Waals surface area contributed by atoms with Crippen LogP contribution >= 0.6 is 0 Å². The van der Waals surface area contributed by atoms with Crippen LogP contribution in [0.4, 0.5) is 5.69 Å². The zero-order chi connectivity index (χ0) is 26.3. The fourth-order valence-electron chi connectivity index (χ4n) is 4.09. The van der Waals surface area contributed by atoms with Crippen molar-refractivity contribution in [3.05, 3.63) is 47.4 Å². The Morgan fingerprint density at radius 2 is 1.92 bits per heavy atom. The molecule has 0 radical (unpaired) electrons. The van der Waals surface area contributed by atoms with Crippen molar-refractivity contribution in [1.82, 2.24) is 9.62 Å². The van der Waals surface area contributed by atoms with Gasteiger partial charge in [0.25, 0.3) is 5.91 Å². The number of aliphatic imine (C=N–C) groups is 1. The third kappa shape index (κ3) is 5.24. The maximum absolute atomic E-state index is 13.0. The molecule has 2 aliphatic rings. The van der Waals surface area contributed by atoms with Crippen LogP contribution in [0.3, 0.4) is 0 Å². The largest absolute Gasteiger partial charge is 0.505 e. The molecule has 1 amide bonds. The highest BCUT2D eigenvalue weighted by Gasteiger charge is 2.36. The molecule has 12 heteroatoms. The summed E-state index contributed by atoms with van der Waals surface area (Å²) in [5.74, 6) is 0.678. The van der Waals surface area contributed by atoms with Crippen molar-refractivity contribution < 1.29 is 27.5 Å². The first kappa shape index (κ1) is 25.7. The third-order valence-corrected chi connectivity index (χ3v) is 6.84. The zero-order valence-electron chi connectivity index (χ0n) is 21.0. The van der Waals surface area contributed by atoms with Crippen molar-refractivity contribution in [3.63, 3.8) is 0 Å². The van der Waals surface area contributed by atoms with E-state index in [9.17, 15) is 18.3 Å². The standard InChI is InChI=1S/C24H31N5O6S/c1-15-9-10-18(35-15)20(24(2,3)4)25-21-22(27-36(32,33)26-21)28(5)17-8-6-7-16(19(17)30)23(31)29-11-13-34-14-12-29/h6-10,20,30H,11-14H2,1-5H3,(H,25,26). The number of furan rings is 1. The molecule has 2 aromatic rings. The van der Waals surface area contributed by atoms with Crippen LogP contribution in [0.1, 0.15) is 48.7 Å². The van der Waals surface area contributed by atoms with Gasteiger partial charge in [0.05, 0.1) is 24.5 Å². The normalized spacial score (nSPS) is 19.6. The lowest BCUT2D eigenvalue weighted by molar-refractivity contribution is 0.0301. The second-order valence-electron chi connectivity index (χ2n) is 9.82. The van der Waals surface area contributed by atoms with Crippen molar-refractivity contribution in [1.29, 1.82) is 0 Å². The Morgan fingerprint density at radius 3 is 2.53 bits per heavy atom. The molecule has 1 saturated heterocycles. The van der Waals surface area contributed by atoms with Crippen LogP contribution in [0.2, 0.25) is 0 Å². The molecule has 3 heterocycles. The highest BCUT2D eigenvalue weighted by atomic mass is 32.2. The third-order valence-electron chi connectivity index (χ3n) is 5.98. The first-order chi connectivity index (χ1) is 16.9. The summed E-state index contributed by atoms with van der Waals surface area (Å²) in [6, 6.07) is 7.84. The van der Waals surface area contributed by atoms with Crippen molar-refractivity contribution in [3.8, 4) is 5.75 Å². The van der Waals surface area contributed by atoms with E-state index in [4.69, 9.17) is 14.1 Å². The molecule has 2 N–H and O–H groups in total. The van der Waals surface area contributed by atoms with Crippen LogP contribution in [0.15, 0.2) is 44.1 Å². The van der Waals surface area contributed by atoms with Gasteiger partial charge >= 0.3 is 10.2 Å². The Balaban J connectivity index is 1.72. The van der Waals surface area contributed by atoms with Crippen molar-refractivity contribution in [2.75, 3.05) is 38.3 Å². The van der Waals surface area contributed by atoms with Crippen molar-refractivity contribution in [2.45, 2.75) is 33.7 Å². The Kier molecular flexibility index (Phi) is 6.84. The number of benzene rings is 1. The SMILES string of the molecule is Cc1ccc(C(N=C2NS(=O)(=O)N=C2N(C)c2cccc(C(=O)N3CCOCC3)c2O)C(C)(C)C)o1. The number of anilines is 1. The number of carbonyl (C=O) groups is 1. The van der Waals surface area contributed by atoms with Crippen LogP contribution in [0, 0.1) is 12.3 Å². The van der Waals surface area contributed by atoms with Crippen LogP contribution < -0.4 is 9.62 Å². The number of hydrogen-bond donors (Lipinski definition) is 2. The van der Waals surface area contributed by atoms with E-state index in [0.717, 1.165) is 0 Å². The lowest BCUT2D eigenvalue weighted by Gasteiger charge is -2.28. The molecule has 194 valence electrons. The lowest BCUT2D eigenvalue weighted by atomic mass is 9.85. The molecule has 0 aliphatic carbocycles. The summed E-state index contributed by atoms with van der Waals surface area (Å²) in [4.78, 5) is 20.7. The molecule has 1 atom stereocenters. The van der Waals surface area contributed by atoms with Crippen LogP contribution in [0.5, 0.6) is 5.75 Å². The van der Waals surface area contributed by atoms with Gasteiger partial charge in [-0.15, -0.1) is 4.40 Å². The van der Waals surface area contributed by atoms with Crippen molar-refractivity contribution in [2.24, 2.45) is 14.8 Å². The number of rotatable bonds is 4. The Morgan fingerprint density at radius 1 is 1.22 bits per heavy atom. The summed E-state index contributed by atoms with van der Waals surface area (Å²) in [5, 5.41) is 11.0. The van der Waals surface area contributed by atoms with Crippen LogP contribution in [-0.4, -0.2) is 69.4 Å². The van der Waals surface area contributed by atoms with Gasteiger partial charge in [0.2, 0.25) is 0 Å². The summed E-state index contributed by atoms with van der Waals surface area (Å²) in [5.41, 5.74) is -0.102. The van der Waals surface area contributed by atoms with Gasteiger partial charge in [0, 0.05) is 20.1 Å². The fraction of sp³-hybridized carbons (Fsp3) is 0.458. The second kappa shape index (κ2) is 9.58. The summed E-state index contributed by atoms with van der Waals surface area (Å²) < 4.78 is 42.2. The summed E-state index contributed by atoms with van der Waals surface area (Å²) >= 11 is 0. The molecule has 1 aromatic carbocycles. The monoisotopic (exact) mass is 517 g/mol. The van der Waals surface area contributed by atoms with Gasteiger partial charge in [-0.2, -0.15) is 8.42 Å². The number of para-hydroxylation sites is 1. The Labute approximate surface area is 210 Å². The summed E-state index contributed by atoms with van der Waals surface area (Å²) in [7, 11) is -2.50. The average Bonchev–Trinajstić information content (AvgIpc) is 3.38. The minimum Gasteiger partial charge on any atom is -0.505 e. The Hall–Kier alpha value is -3.38. The van der Waals surface area contributed by atoms with E-state index >= 15 is 0 Å². The predicted octanol–water partition coefficient (Wildman–Crippen LogP) is 2.63. The highest BCUT2D eigenvalue weighted by Crippen LogP contribution is 2.38. The number of amidine groups is 2. The first-order valence-corrected chi connectivity index (χ1v) is 13.0. The number of ether oxygens (including phenoxy) is 1. The van der Waals surface area contributed by atoms with Crippen molar-refractivity contribution >= 4 is 33.5 Å². The van der Waals surface area contributed by atoms with E-state index < -0.39 is 21.7 Å². The molecular weight excluding hydrogens is 486 g/mol. The number of nitrogens with one attached hydrogen (secondary N) is 1. The second-order valence-corrected chi connectivity index (χ2v) is 11.2. The molecule has 36 heavy (non-hydrogen) atoms. The van der Waals surface area contributed by atoms with Gasteiger partial charge in [-0.1, -0.05) is 26.8 Å². The quantitative estimate of drug-likeness (QED) is 0.636. The number of phenolic OH excluding ortho intramolecular Hbond substituents is 1. The number of hydrogen-bond acceptors (Lipinski definition) is 8. The smallest absolute Gasteiger partial charge is 0.345 e. The number of likely N-dealkylation sites (N-methyl/N-ethyl adjacent to an activating group) is 1. The van der Waals surface area contributed by atoms with E-state index in [0.29, 0.717) is 37.8 Å². The molecule has 0 spiro atoms. The van der Waals surface area contributed by atoms with Gasteiger partial charge in [0.1, 0.15) is 17.6 Å². The molecule has 0 bridgehead atoms. The number of carbonyl (C=O) groups excluding carboxylic acids is 1. The van der Waals surface area contributed by atoms with E-state index in [1.807, 2.05) is 39.8 Å². The minimum atomic E-state index is -4.06. The summed E-state index contributed by atoms with van der Waals surface area (Å²) in [6.45, 7) is 9.42. The van der Waals surface area contributed by atoms with Gasteiger partial charge < -0.3 is 24.1 Å². The number of morpholine rings is 1. The molecule has 2 aliphatic heterocycles. The number of aromatic hydroxyl groups is 1. The molecule has 1 unspecified atom stereocenters. The van der Waals surface area contributed by atoms with Crippen LogP contribution in [-0.2, 0) is 14.9 Å². The lowest BCUT2D eigenvalue weighted by Crippen LogP contribution is -2.41. The molecule has 1 fully saturated rings. The highest BCUT2D eigenvalue weighted by molar-refractivity contribution is 7.89. The number of phenols is 1. The molecule has 11 nitrogen and oxygen atoms in total. The summed E-state index contributed by atoms with van der Waals surface area (Å²) in [6.07, 6.45) is 0. The molecule has 4 rings (SSSR count). The maximum atomic E-state index is 13.0. The number of amides is 1. The topological polar surface area (TPSA) is 137 Å². The number of nitrogens with zero attached hydrogens (tertiary/aromatic N) is 4. The zero-order valence-corrected chi connectivity index (χ0v) is 21.8. The van der Waals surface area contributed by atoms with E-state index in [2.05, 4.69) is 9.12 Å². The van der Waals surface area contributed by atoms with E-state index in [1.54, 1.807) is 24.1 Å². The first-order valence-electron chi connectivity index (χ1n) is 11.6. The number of aryl methyl sites for hydroxylation is 1. The van der Waals surface area contributed by atoms with Gasteiger partial charge in [-0.3, -0.25) is 9.79 Å². The average molecular weight is 518 g/mol. The predicted molar refractivity (Wildman–Crippen MR) is 136 cm³/mol. The molecule has 1 aromatic heterocycles. The molecular formula is C24H31N5O6S. The van der Waals surface area contributed by atoms with Crippen LogP contribution in [0.25, 0.3) is 0 Å².